The van der Waals surface area contributed by atoms with Crippen molar-refractivity contribution in [3.63, 3.8) is 0 Å². The van der Waals surface area contributed by atoms with E-state index in [0.717, 1.165) is 31.4 Å². The van der Waals surface area contributed by atoms with Crippen LogP contribution in [0, 0.1) is 11.7 Å². The monoisotopic (exact) mass is 294 g/mol. The molecule has 21 heavy (non-hydrogen) atoms. The number of rotatable bonds is 3. The third-order valence-corrected chi connectivity index (χ3v) is 3.89. The van der Waals surface area contributed by atoms with Gasteiger partial charge in [0.05, 0.1) is 11.3 Å². The molecule has 1 aliphatic carbocycles. The lowest BCUT2D eigenvalue weighted by Gasteiger charge is -2.29. The molecule has 0 aliphatic heterocycles. The summed E-state index contributed by atoms with van der Waals surface area (Å²) in [6.45, 7) is 2.09. The Morgan fingerprint density at radius 3 is 2.67 bits per heavy atom. The van der Waals surface area contributed by atoms with Gasteiger partial charge in [-0.1, -0.05) is 19.8 Å². The number of benzene rings is 1. The summed E-state index contributed by atoms with van der Waals surface area (Å²) in [5.74, 6) is -1.54. The summed E-state index contributed by atoms with van der Waals surface area (Å²) < 4.78 is 13.1. The van der Waals surface area contributed by atoms with E-state index in [1.54, 1.807) is 0 Å². The Kier molecular flexibility index (Phi) is 4.77. The van der Waals surface area contributed by atoms with Gasteiger partial charge in [-0.3, -0.25) is 0 Å². The Balaban J connectivity index is 2.04. The maximum atomic E-state index is 13.1. The molecular formula is C15H19FN2O3. The van der Waals surface area contributed by atoms with Crippen LogP contribution in [0.15, 0.2) is 18.2 Å². The molecule has 1 aromatic carbocycles. The summed E-state index contributed by atoms with van der Waals surface area (Å²) in [5, 5.41) is 14.4. The van der Waals surface area contributed by atoms with Crippen LogP contribution in [-0.2, 0) is 0 Å². The van der Waals surface area contributed by atoms with Gasteiger partial charge in [0, 0.05) is 6.04 Å². The molecule has 6 heteroatoms. The van der Waals surface area contributed by atoms with Crippen molar-refractivity contribution in [2.75, 3.05) is 5.32 Å². The molecule has 0 bridgehead atoms. The number of anilines is 1. The number of hydrogen-bond donors (Lipinski definition) is 3. The number of carboxylic acids is 1. The molecule has 0 saturated heterocycles. The van der Waals surface area contributed by atoms with Gasteiger partial charge in [-0.15, -0.1) is 0 Å². The van der Waals surface area contributed by atoms with Crippen LogP contribution in [-0.4, -0.2) is 23.1 Å². The van der Waals surface area contributed by atoms with Crippen molar-refractivity contribution in [1.29, 1.82) is 0 Å². The van der Waals surface area contributed by atoms with E-state index in [1.165, 1.54) is 12.5 Å². The van der Waals surface area contributed by atoms with E-state index in [1.807, 2.05) is 0 Å². The lowest BCUT2D eigenvalue weighted by Crippen LogP contribution is -2.43. The van der Waals surface area contributed by atoms with Crippen molar-refractivity contribution >= 4 is 17.7 Å². The van der Waals surface area contributed by atoms with Gasteiger partial charge < -0.3 is 15.7 Å². The Labute approximate surface area is 122 Å². The number of aromatic carboxylic acids is 1. The average Bonchev–Trinajstić information content (AvgIpc) is 2.43. The average molecular weight is 294 g/mol. The highest BCUT2D eigenvalue weighted by Crippen LogP contribution is 2.24. The molecule has 114 valence electrons. The zero-order valence-corrected chi connectivity index (χ0v) is 11.9. The van der Waals surface area contributed by atoms with Crippen LogP contribution < -0.4 is 10.6 Å². The zero-order chi connectivity index (χ0) is 15.4. The topological polar surface area (TPSA) is 78.4 Å². The standard InChI is InChI=1S/C15H19FN2O3/c1-9-4-2-3-5-12(9)17-15(21)18-13-7-6-10(16)8-11(13)14(19)20/h6-9,12H,2-5H2,1H3,(H,19,20)(H2,17,18,21). The van der Waals surface area contributed by atoms with Gasteiger partial charge in [-0.05, 0) is 37.0 Å². The predicted octanol–water partition coefficient (Wildman–Crippen LogP) is 3.22. The molecular weight excluding hydrogens is 275 g/mol. The third-order valence-electron chi connectivity index (χ3n) is 3.89. The summed E-state index contributed by atoms with van der Waals surface area (Å²) in [4.78, 5) is 23.0. The van der Waals surface area contributed by atoms with Crippen LogP contribution in [0.2, 0.25) is 0 Å². The molecule has 2 amide bonds. The van der Waals surface area contributed by atoms with Crippen LogP contribution in [0.4, 0.5) is 14.9 Å². The molecule has 0 aromatic heterocycles. The molecule has 5 nitrogen and oxygen atoms in total. The maximum absolute atomic E-state index is 13.1. The lowest BCUT2D eigenvalue weighted by atomic mass is 9.86. The van der Waals surface area contributed by atoms with E-state index in [-0.39, 0.29) is 17.3 Å². The van der Waals surface area contributed by atoms with Crippen LogP contribution in [0.1, 0.15) is 43.0 Å². The fourth-order valence-electron chi connectivity index (χ4n) is 2.66. The number of urea groups is 1. The van der Waals surface area contributed by atoms with Gasteiger partial charge in [-0.25, -0.2) is 14.0 Å². The smallest absolute Gasteiger partial charge is 0.337 e. The molecule has 0 radical (unpaired) electrons. The number of amides is 2. The second-order valence-corrected chi connectivity index (χ2v) is 5.46. The molecule has 0 spiro atoms. The first-order chi connectivity index (χ1) is 9.97. The Hall–Kier alpha value is -2.11. The van der Waals surface area contributed by atoms with Gasteiger partial charge in [0.1, 0.15) is 5.82 Å². The number of halogens is 1. The van der Waals surface area contributed by atoms with E-state index in [4.69, 9.17) is 5.11 Å². The third kappa shape index (κ3) is 3.93. The highest BCUT2D eigenvalue weighted by molar-refractivity contribution is 6.00. The lowest BCUT2D eigenvalue weighted by molar-refractivity contribution is 0.0697. The Morgan fingerprint density at radius 1 is 1.29 bits per heavy atom. The predicted molar refractivity (Wildman–Crippen MR) is 76.9 cm³/mol. The zero-order valence-electron chi connectivity index (χ0n) is 11.9. The van der Waals surface area contributed by atoms with Gasteiger partial charge in [0.25, 0.3) is 0 Å². The first kappa shape index (κ1) is 15.3. The largest absolute Gasteiger partial charge is 0.478 e. The molecule has 3 N–H and O–H groups in total. The van der Waals surface area contributed by atoms with Gasteiger partial charge >= 0.3 is 12.0 Å². The first-order valence-electron chi connectivity index (χ1n) is 7.07. The minimum Gasteiger partial charge on any atom is -0.478 e. The molecule has 1 fully saturated rings. The van der Waals surface area contributed by atoms with E-state index in [9.17, 15) is 14.0 Å². The van der Waals surface area contributed by atoms with Crippen LogP contribution in [0.25, 0.3) is 0 Å². The number of carboxylic acid groups (broad SMARTS) is 1. The van der Waals surface area contributed by atoms with E-state index < -0.39 is 17.8 Å². The Bertz CT molecular complexity index is 548. The van der Waals surface area contributed by atoms with Crippen molar-refractivity contribution in [3.05, 3.63) is 29.6 Å². The van der Waals surface area contributed by atoms with Crippen molar-refractivity contribution in [2.45, 2.75) is 38.6 Å². The minimum absolute atomic E-state index is 0.0878. The maximum Gasteiger partial charge on any atom is 0.337 e. The molecule has 2 unspecified atom stereocenters. The highest BCUT2D eigenvalue weighted by atomic mass is 19.1. The van der Waals surface area contributed by atoms with E-state index >= 15 is 0 Å². The Morgan fingerprint density at radius 2 is 2.00 bits per heavy atom. The first-order valence-corrected chi connectivity index (χ1v) is 7.07. The highest BCUT2D eigenvalue weighted by Gasteiger charge is 2.23. The minimum atomic E-state index is -1.28. The van der Waals surface area contributed by atoms with Gasteiger partial charge in [-0.2, -0.15) is 0 Å². The number of carbonyl (C=O) groups excluding carboxylic acids is 1. The van der Waals surface area contributed by atoms with Crippen molar-refractivity contribution in [2.24, 2.45) is 5.92 Å². The fraction of sp³-hybridized carbons (Fsp3) is 0.467. The van der Waals surface area contributed by atoms with Crippen molar-refractivity contribution in [3.8, 4) is 0 Å². The van der Waals surface area contributed by atoms with Crippen LogP contribution >= 0.6 is 0 Å². The SMILES string of the molecule is CC1CCCCC1NC(=O)Nc1ccc(F)cc1C(=O)O. The second-order valence-electron chi connectivity index (χ2n) is 5.46. The molecule has 2 atom stereocenters. The summed E-state index contributed by atoms with van der Waals surface area (Å²) in [7, 11) is 0. The van der Waals surface area contributed by atoms with Crippen molar-refractivity contribution in [1.82, 2.24) is 5.32 Å². The molecule has 1 aliphatic rings. The number of hydrogen-bond acceptors (Lipinski definition) is 2. The van der Waals surface area contributed by atoms with Gasteiger partial charge in [0.2, 0.25) is 0 Å². The summed E-state index contributed by atoms with van der Waals surface area (Å²) >= 11 is 0. The quantitative estimate of drug-likeness (QED) is 0.801. The summed E-state index contributed by atoms with van der Waals surface area (Å²) in [6, 6.07) is 2.89. The number of nitrogens with one attached hydrogen (secondary N) is 2. The molecule has 1 aromatic rings. The van der Waals surface area contributed by atoms with Crippen molar-refractivity contribution < 1.29 is 19.1 Å². The van der Waals surface area contributed by atoms with Crippen LogP contribution in [0.5, 0.6) is 0 Å². The molecule has 1 saturated carbocycles. The van der Waals surface area contributed by atoms with E-state index in [0.29, 0.717) is 5.92 Å². The number of carbonyl (C=O) groups is 2. The van der Waals surface area contributed by atoms with Gasteiger partial charge in [0.15, 0.2) is 0 Å². The fourth-order valence-corrected chi connectivity index (χ4v) is 2.66. The molecule has 2 rings (SSSR count). The normalized spacial score (nSPS) is 21.6. The molecule has 0 heterocycles. The summed E-state index contributed by atoms with van der Waals surface area (Å²) in [5.41, 5.74) is -0.174. The van der Waals surface area contributed by atoms with E-state index in [2.05, 4.69) is 17.6 Å². The second kappa shape index (κ2) is 6.56. The van der Waals surface area contributed by atoms with Crippen LogP contribution in [0.3, 0.4) is 0 Å². The summed E-state index contributed by atoms with van der Waals surface area (Å²) in [6.07, 6.45) is 4.24.